The van der Waals surface area contributed by atoms with Gasteiger partial charge in [-0.3, -0.25) is 0 Å². The molecule has 1 aromatic carbocycles. The van der Waals surface area contributed by atoms with Crippen LogP contribution in [0.3, 0.4) is 0 Å². The van der Waals surface area contributed by atoms with Gasteiger partial charge in [0.1, 0.15) is 5.75 Å². The smallest absolute Gasteiger partial charge is 0.212 e. The summed E-state index contributed by atoms with van der Waals surface area (Å²) in [5.41, 5.74) is 0.663. The highest BCUT2D eigenvalue weighted by molar-refractivity contribution is 7.89. The quantitative estimate of drug-likeness (QED) is 0.833. The zero-order valence-electron chi connectivity index (χ0n) is 12.1. The Morgan fingerprint density at radius 1 is 1.38 bits per heavy atom. The first kappa shape index (κ1) is 16.5. The predicted octanol–water partition coefficient (Wildman–Crippen LogP) is 1.77. The van der Waals surface area contributed by atoms with Crippen molar-refractivity contribution in [3.05, 3.63) is 28.8 Å². The molecular weight excluding hydrogens is 312 g/mol. The van der Waals surface area contributed by atoms with Crippen molar-refractivity contribution in [2.24, 2.45) is 5.92 Å². The molecule has 0 aliphatic carbocycles. The van der Waals surface area contributed by atoms with Gasteiger partial charge < -0.3 is 10.1 Å². The van der Waals surface area contributed by atoms with Gasteiger partial charge in [-0.1, -0.05) is 17.7 Å². The summed E-state index contributed by atoms with van der Waals surface area (Å²) < 4.78 is 32.2. The molecule has 0 amide bonds. The van der Waals surface area contributed by atoms with Gasteiger partial charge in [0, 0.05) is 17.1 Å². The number of hydrogen-bond donors (Lipinski definition) is 2. The van der Waals surface area contributed by atoms with Crippen molar-refractivity contribution in [2.75, 3.05) is 26.0 Å². The van der Waals surface area contributed by atoms with E-state index >= 15 is 0 Å². The van der Waals surface area contributed by atoms with Crippen LogP contribution >= 0.6 is 11.6 Å². The van der Waals surface area contributed by atoms with E-state index in [2.05, 4.69) is 10.0 Å². The van der Waals surface area contributed by atoms with Crippen molar-refractivity contribution >= 4 is 21.6 Å². The van der Waals surface area contributed by atoms with Crippen molar-refractivity contribution in [1.82, 2.24) is 10.0 Å². The van der Waals surface area contributed by atoms with E-state index in [0.717, 1.165) is 25.9 Å². The second-order valence-corrected chi connectivity index (χ2v) is 7.48. The molecule has 21 heavy (non-hydrogen) atoms. The second kappa shape index (κ2) is 7.45. The van der Waals surface area contributed by atoms with Crippen LogP contribution in [0, 0.1) is 5.92 Å². The minimum absolute atomic E-state index is 0.149. The monoisotopic (exact) mass is 332 g/mol. The Morgan fingerprint density at radius 3 is 2.76 bits per heavy atom. The third-order valence-corrected chi connectivity index (χ3v) is 5.53. The van der Waals surface area contributed by atoms with E-state index in [9.17, 15) is 8.42 Å². The summed E-state index contributed by atoms with van der Waals surface area (Å²) in [4.78, 5) is 0. The highest BCUT2D eigenvalue weighted by atomic mass is 35.5. The number of nitrogens with one attached hydrogen (secondary N) is 2. The van der Waals surface area contributed by atoms with Gasteiger partial charge in [0.05, 0.1) is 12.9 Å². The first-order chi connectivity index (χ1) is 10.0. The summed E-state index contributed by atoms with van der Waals surface area (Å²) in [5, 5.41) is 3.73. The summed E-state index contributed by atoms with van der Waals surface area (Å²) in [7, 11) is -1.77. The van der Waals surface area contributed by atoms with Crippen LogP contribution in [0.4, 0.5) is 0 Å². The molecule has 1 aliphatic rings. The maximum atomic E-state index is 12.2. The number of sulfonamides is 1. The van der Waals surface area contributed by atoms with Crippen LogP contribution in [0.25, 0.3) is 0 Å². The summed E-state index contributed by atoms with van der Waals surface area (Å²) in [6.07, 6.45) is 1.80. The molecular formula is C14H21ClN2O3S. The Kier molecular flexibility index (Phi) is 5.87. The molecule has 7 heteroatoms. The molecule has 0 atom stereocenters. The van der Waals surface area contributed by atoms with Gasteiger partial charge in [-0.05, 0) is 44.0 Å². The Balaban J connectivity index is 1.98. The summed E-state index contributed by atoms with van der Waals surface area (Å²) in [6.45, 7) is 1.92. The zero-order chi connectivity index (χ0) is 15.3. The molecule has 0 radical (unpaired) electrons. The number of halogens is 1. The van der Waals surface area contributed by atoms with E-state index in [1.54, 1.807) is 25.3 Å². The van der Waals surface area contributed by atoms with Gasteiger partial charge in [-0.2, -0.15) is 0 Å². The predicted molar refractivity (Wildman–Crippen MR) is 84.2 cm³/mol. The van der Waals surface area contributed by atoms with E-state index in [1.165, 1.54) is 0 Å². The molecule has 0 spiro atoms. The first-order valence-corrected chi connectivity index (χ1v) is 9.04. The average Bonchev–Trinajstić information content (AvgIpc) is 2.46. The van der Waals surface area contributed by atoms with Crippen molar-refractivity contribution in [2.45, 2.75) is 19.4 Å². The molecule has 0 bridgehead atoms. The highest BCUT2D eigenvalue weighted by Gasteiger charge is 2.21. The van der Waals surface area contributed by atoms with Crippen molar-refractivity contribution in [1.29, 1.82) is 0 Å². The van der Waals surface area contributed by atoms with E-state index in [0.29, 0.717) is 16.3 Å². The Morgan fingerprint density at radius 2 is 2.10 bits per heavy atom. The average molecular weight is 333 g/mol. The Bertz CT molecular complexity index is 572. The number of benzene rings is 1. The third kappa shape index (κ3) is 4.85. The number of hydrogen-bond acceptors (Lipinski definition) is 4. The molecule has 1 saturated heterocycles. The van der Waals surface area contributed by atoms with Gasteiger partial charge in [0.2, 0.25) is 10.0 Å². The normalized spacial score (nSPS) is 16.9. The summed E-state index contributed by atoms with van der Waals surface area (Å²) in [6, 6.07) is 5.26. The molecule has 1 aliphatic heterocycles. The maximum Gasteiger partial charge on any atom is 0.212 e. The molecule has 5 nitrogen and oxygen atoms in total. The number of methoxy groups -OCH3 is 1. The fraction of sp³-hybridized carbons (Fsp3) is 0.571. The van der Waals surface area contributed by atoms with Crippen LogP contribution in [0.5, 0.6) is 5.75 Å². The molecule has 118 valence electrons. The summed E-state index contributed by atoms with van der Waals surface area (Å²) >= 11 is 6.11. The lowest BCUT2D eigenvalue weighted by Crippen LogP contribution is -2.35. The fourth-order valence-electron chi connectivity index (χ4n) is 2.50. The molecule has 1 fully saturated rings. The van der Waals surface area contributed by atoms with Gasteiger partial charge in [-0.25, -0.2) is 13.1 Å². The molecule has 0 saturated carbocycles. The Labute approximate surface area is 131 Å². The lowest BCUT2D eigenvalue weighted by molar-refractivity contribution is 0.399. The molecule has 0 unspecified atom stereocenters. The fourth-order valence-corrected chi connectivity index (χ4v) is 4.17. The molecule has 1 heterocycles. The van der Waals surface area contributed by atoms with Gasteiger partial charge in [0.15, 0.2) is 0 Å². The standard InChI is InChI=1S/C14H21ClN2O3S/c1-20-14-4-2-3-13(15)12(14)9-17-21(18,19)10-11-5-7-16-8-6-11/h2-4,11,16-17H,5-10H2,1H3. The first-order valence-electron chi connectivity index (χ1n) is 7.01. The second-order valence-electron chi connectivity index (χ2n) is 5.22. The van der Waals surface area contributed by atoms with Crippen LogP contribution in [0.15, 0.2) is 18.2 Å². The van der Waals surface area contributed by atoms with E-state index in [1.807, 2.05) is 0 Å². The Hall–Kier alpha value is -0.820. The van der Waals surface area contributed by atoms with Gasteiger partial charge in [-0.15, -0.1) is 0 Å². The molecule has 0 aromatic heterocycles. The van der Waals surface area contributed by atoms with Crippen LogP contribution in [0.1, 0.15) is 18.4 Å². The number of ether oxygens (including phenoxy) is 1. The third-order valence-electron chi connectivity index (χ3n) is 3.68. The minimum atomic E-state index is -3.31. The van der Waals surface area contributed by atoms with Gasteiger partial charge >= 0.3 is 0 Å². The van der Waals surface area contributed by atoms with Crippen LogP contribution in [-0.4, -0.2) is 34.4 Å². The zero-order valence-corrected chi connectivity index (χ0v) is 13.6. The van der Waals surface area contributed by atoms with E-state index in [4.69, 9.17) is 16.3 Å². The minimum Gasteiger partial charge on any atom is -0.496 e. The molecule has 2 N–H and O–H groups in total. The maximum absolute atomic E-state index is 12.2. The summed E-state index contributed by atoms with van der Waals surface area (Å²) in [5.74, 6) is 0.977. The largest absolute Gasteiger partial charge is 0.496 e. The number of piperidine rings is 1. The van der Waals surface area contributed by atoms with Crippen molar-refractivity contribution in [3.8, 4) is 5.75 Å². The van der Waals surface area contributed by atoms with Crippen LogP contribution < -0.4 is 14.8 Å². The molecule has 1 aromatic rings. The highest BCUT2D eigenvalue weighted by Crippen LogP contribution is 2.26. The molecule has 2 rings (SSSR count). The van der Waals surface area contributed by atoms with Gasteiger partial charge in [0.25, 0.3) is 0 Å². The van der Waals surface area contributed by atoms with Crippen LogP contribution in [0.2, 0.25) is 5.02 Å². The van der Waals surface area contributed by atoms with E-state index in [-0.39, 0.29) is 18.2 Å². The van der Waals surface area contributed by atoms with Crippen molar-refractivity contribution in [3.63, 3.8) is 0 Å². The SMILES string of the molecule is COc1cccc(Cl)c1CNS(=O)(=O)CC1CCNCC1. The topological polar surface area (TPSA) is 67.4 Å². The lowest BCUT2D eigenvalue weighted by atomic mass is 10.0. The number of rotatable bonds is 6. The lowest BCUT2D eigenvalue weighted by Gasteiger charge is -2.22. The van der Waals surface area contributed by atoms with Crippen molar-refractivity contribution < 1.29 is 13.2 Å². The van der Waals surface area contributed by atoms with Crippen LogP contribution in [-0.2, 0) is 16.6 Å². The van der Waals surface area contributed by atoms with E-state index < -0.39 is 10.0 Å².